The summed E-state index contributed by atoms with van der Waals surface area (Å²) in [6.45, 7) is 0.489. The zero-order chi connectivity index (χ0) is 7.56. The number of nitrogens with two attached hydrogens (primary N) is 1. The molecule has 0 bridgehead atoms. The molecule has 0 aromatic carbocycles. The van der Waals surface area contributed by atoms with Gasteiger partial charge in [-0.1, -0.05) is 11.6 Å². The third-order valence-electron chi connectivity index (χ3n) is 1.09. The lowest BCUT2D eigenvalue weighted by atomic mass is 10.3. The van der Waals surface area contributed by atoms with Crippen molar-refractivity contribution in [2.45, 2.75) is 6.54 Å². The van der Waals surface area contributed by atoms with E-state index in [0.717, 1.165) is 10.0 Å². The van der Waals surface area contributed by atoms with Crippen molar-refractivity contribution in [1.29, 1.82) is 0 Å². The van der Waals surface area contributed by atoms with Crippen LogP contribution in [0.2, 0.25) is 5.15 Å². The molecule has 4 heteroatoms. The predicted molar refractivity (Wildman–Crippen MR) is 44.8 cm³/mol. The molecule has 10 heavy (non-hydrogen) atoms. The average Bonchev–Trinajstić information content (AvgIpc) is 1.95. The highest BCUT2D eigenvalue weighted by Crippen LogP contribution is 2.19. The van der Waals surface area contributed by atoms with Gasteiger partial charge in [-0.3, -0.25) is 0 Å². The van der Waals surface area contributed by atoms with E-state index in [-0.39, 0.29) is 0 Å². The zero-order valence-corrected chi connectivity index (χ0v) is 7.48. The summed E-state index contributed by atoms with van der Waals surface area (Å²) >= 11 is 8.88. The van der Waals surface area contributed by atoms with E-state index in [1.165, 1.54) is 0 Å². The molecule has 0 amide bonds. The molecule has 0 fully saturated rings. The third-order valence-corrected chi connectivity index (χ3v) is 2.22. The Morgan fingerprint density at radius 2 is 2.40 bits per heavy atom. The minimum absolute atomic E-state index is 0.470. The molecular weight excluding hydrogens is 215 g/mol. The highest BCUT2D eigenvalue weighted by atomic mass is 79.9. The molecule has 2 N–H and O–H groups in total. The maximum Gasteiger partial charge on any atom is 0.143 e. The van der Waals surface area contributed by atoms with Gasteiger partial charge in [-0.2, -0.15) is 0 Å². The molecule has 0 radical (unpaired) electrons. The van der Waals surface area contributed by atoms with Crippen LogP contribution in [0.25, 0.3) is 0 Å². The minimum Gasteiger partial charge on any atom is -0.326 e. The van der Waals surface area contributed by atoms with Gasteiger partial charge in [-0.25, -0.2) is 4.98 Å². The maximum atomic E-state index is 5.64. The first-order valence-electron chi connectivity index (χ1n) is 2.74. The van der Waals surface area contributed by atoms with Gasteiger partial charge in [0.2, 0.25) is 0 Å². The van der Waals surface area contributed by atoms with Crippen LogP contribution in [0, 0.1) is 0 Å². The van der Waals surface area contributed by atoms with Gasteiger partial charge in [-0.05, 0) is 27.6 Å². The average molecular weight is 221 g/mol. The molecule has 1 heterocycles. The van der Waals surface area contributed by atoms with Crippen LogP contribution in [0.4, 0.5) is 0 Å². The summed E-state index contributed by atoms with van der Waals surface area (Å²) < 4.78 is 0.789. The van der Waals surface area contributed by atoms with Crippen molar-refractivity contribution in [3.05, 3.63) is 27.5 Å². The fourth-order valence-corrected chi connectivity index (χ4v) is 1.07. The van der Waals surface area contributed by atoms with E-state index in [4.69, 9.17) is 17.3 Å². The minimum atomic E-state index is 0.470. The lowest BCUT2D eigenvalue weighted by Crippen LogP contribution is -1.96. The van der Waals surface area contributed by atoms with Crippen molar-refractivity contribution in [1.82, 2.24) is 4.98 Å². The quantitative estimate of drug-likeness (QED) is 0.736. The van der Waals surface area contributed by atoms with Crippen molar-refractivity contribution in [2.75, 3.05) is 0 Å². The van der Waals surface area contributed by atoms with E-state index in [2.05, 4.69) is 20.9 Å². The van der Waals surface area contributed by atoms with Gasteiger partial charge in [-0.15, -0.1) is 0 Å². The summed E-state index contributed by atoms with van der Waals surface area (Å²) in [6.07, 6.45) is 1.66. The molecule has 54 valence electrons. The zero-order valence-electron chi connectivity index (χ0n) is 5.14. The molecule has 0 aliphatic heterocycles. The number of halogens is 2. The number of aromatic nitrogens is 1. The van der Waals surface area contributed by atoms with Crippen LogP contribution in [0.3, 0.4) is 0 Å². The molecule has 0 saturated heterocycles. The summed E-state index contributed by atoms with van der Waals surface area (Å²) in [7, 11) is 0. The first-order valence-corrected chi connectivity index (χ1v) is 3.91. The first-order chi connectivity index (χ1) is 4.74. The number of hydrogen-bond donors (Lipinski definition) is 1. The lowest BCUT2D eigenvalue weighted by molar-refractivity contribution is 1.04. The molecule has 0 atom stereocenters. The van der Waals surface area contributed by atoms with E-state index in [1.807, 2.05) is 6.07 Å². The van der Waals surface area contributed by atoms with Gasteiger partial charge in [0.05, 0.1) is 4.47 Å². The largest absolute Gasteiger partial charge is 0.326 e. The Morgan fingerprint density at radius 3 is 2.90 bits per heavy atom. The Labute approximate surface area is 72.5 Å². The van der Waals surface area contributed by atoms with Crippen LogP contribution in [0.15, 0.2) is 16.7 Å². The second-order valence-corrected chi connectivity index (χ2v) is 3.03. The normalized spacial score (nSPS) is 9.90. The second-order valence-electron chi connectivity index (χ2n) is 1.82. The molecule has 0 saturated carbocycles. The van der Waals surface area contributed by atoms with E-state index in [1.54, 1.807) is 6.20 Å². The molecule has 0 aliphatic rings. The maximum absolute atomic E-state index is 5.64. The van der Waals surface area contributed by atoms with Gasteiger partial charge < -0.3 is 5.73 Å². The summed E-state index contributed by atoms with van der Waals surface area (Å²) in [4.78, 5) is 3.89. The Hall–Kier alpha value is -0.120. The second kappa shape index (κ2) is 3.32. The molecule has 0 aliphatic carbocycles. The summed E-state index contributed by atoms with van der Waals surface area (Å²) in [6, 6.07) is 1.86. The first kappa shape index (κ1) is 7.98. The summed E-state index contributed by atoms with van der Waals surface area (Å²) in [5.74, 6) is 0. The third kappa shape index (κ3) is 1.68. The van der Waals surface area contributed by atoms with Crippen LogP contribution >= 0.6 is 27.5 Å². The highest BCUT2D eigenvalue weighted by Gasteiger charge is 1.97. The van der Waals surface area contributed by atoms with Crippen LogP contribution in [0.1, 0.15) is 5.56 Å². The summed E-state index contributed by atoms with van der Waals surface area (Å²) in [5, 5.41) is 0.470. The van der Waals surface area contributed by atoms with Crippen LogP contribution in [0.5, 0.6) is 0 Å². The Bertz CT molecular complexity index is 239. The van der Waals surface area contributed by atoms with Crippen molar-refractivity contribution in [2.24, 2.45) is 5.73 Å². The monoisotopic (exact) mass is 220 g/mol. The predicted octanol–water partition coefficient (Wildman–Crippen LogP) is 1.96. The molecule has 2 nitrogen and oxygen atoms in total. The highest BCUT2D eigenvalue weighted by molar-refractivity contribution is 9.10. The van der Waals surface area contributed by atoms with Gasteiger partial charge in [0.15, 0.2) is 0 Å². The fourth-order valence-electron chi connectivity index (χ4n) is 0.572. The van der Waals surface area contributed by atoms with Crippen molar-refractivity contribution >= 4 is 27.5 Å². The number of hydrogen-bond acceptors (Lipinski definition) is 2. The van der Waals surface area contributed by atoms with Gasteiger partial charge in [0, 0.05) is 12.7 Å². The lowest BCUT2D eigenvalue weighted by Gasteiger charge is -1.97. The van der Waals surface area contributed by atoms with Crippen LogP contribution in [-0.2, 0) is 6.54 Å². The Balaban J connectivity index is 3.04. The molecule has 1 rings (SSSR count). The molecule has 0 unspecified atom stereocenters. The number of pyridine rings is 1. The van der Waals surface area contributed by atoms with E-state index >= 15 is 0 Å². The number of nitrogens with zero attached hydrogens (tertiary/aromatic N) is 1. The summed E-state index contributed by atoms with van der Waals surface area (Å²) in [5.41, 5.74) is 6.33. The van der Waals surface area contributed by atoms with Gasteiger partial charge in [0.1, 0.15) is 5.15 Å². The van der Waals surface area contributed by atoms with Crippen molar-refractivity contribution in [3.8, 4) is 0 Å². The topological polar surface area (TPSA) is 38.9 Å². The van der Waals surface area contributed by atoms with E-state index < -0.39 is 0 Å². The fraction of sp³-hybridized carbons (Fsp3) is 0.167. The smallest absolute Gasteiger partial charge is 0.143 e. The standard InChI is InChI=1S/C6H6BrClN2/c7-5-1-4(2-9)3-10-6(5)8/h1,3H,2,9H2. The van der Waals surface area contributed by atoms with Crippen LogP contribution in [-0.4, -0.2) is 4.98 Å². The van der Waals surface area contributed by atoms with Gasteiger partial charge >= 0.3 is 0 Å². The Kier molecular flexibility index (Phi) is 2.65. The van der Waals surface area contributed by atoms with E-state index in [9.17, 15) is 0 Å². The Morgan fingerprint density at radius 1 is 1.70 bits per heavy atom. The molecule has 0 spiro atoms. The van der Waals surface area contributed by atoms with Crippen molar-refractivity contribution in [3.63, 3.8) is 0 Å². The van der Waals surface area contributed by atoms with Crippen LogP contribution < -0.4 is 5.73 Å². The van der Waals surface area contributed by atoms with E-state index in [0.29, 0.717) is 11.7 Å². The van der Waals surface area contributed by atoms with Crippen molar-refractivity contribution < 1.29 is 0 Å². The molecular formula is C6H6BrClN2. The SMILES string of the molecule is NCc1cnc(Cl)c(Br)c1. The molecule has 1 aromatic rings. The van der Waals surface area contributed by atoms with Gasteiger partial charge in [0.25, 0.3) is 0 Å². The molecule has 1 aromatic heterocycles. The number of rotatable bonds is 1.